The Bertz CT molecular complexity index is 227. The van der Waals surface area contributed by atoms with Crippen LogP contribution in [0.15, 0.2) is 0 Å². The van der Waals surface area contributed by atoms with Crippen molar-refractivity contribution in [3.05, 3.63) is 0 Å². The van der Waals surface area contributed by atoms with Gasteiger partial charge in [-0.3, -0.25) is 0 Å². The maximum Gasteiger partial charge on any atom is 0.0502 e. The zero-order valence-corrected chi connectivity index (χ0v) is 13.0. The average Bonchev–Trinajstić information content (AvgIpc) is 2.27. The van der Waals surface area contributed by atoms with Crippen molar-refractivity contribution < 1.29 is 4.74 Å². The number of nitrogens with zero attached hydrogens (tertiary/aromatic N) is 1. The number of hydrogen-bond donors (Lipinski definition) is 1. The van der Waals surface area contributed by atoms with Gasteiger partial charge in [0.1, 0.15) is 0 Å². The maximum atomic E-state index is 5.30. The lowest BCUT2D eigenvalue weighted by atomic mass is 9.90. The van der Waals surface area contributed by atoms with Gasteiger partial charge in [0.2, 0.25) is 0 Å². The highest BCUT2D eigenvalue weighted by molar-refractivity contribution is 4.81. The third-order valence-electron chi connectivity index (χ3n) is 3.65. The van der Waals surface area contributed by atoms with Crippen molar-refractivity contribution in [1.29, 1.82) is 0 Å². The van der Waals surface area contributed by atoms with Gasteiger partial charge in [0.25, 0.3) is 0 Å². The second kappa shape index (κ2) is 7.46. The summed E-state index contributed by atoms with van der Waals surface area (Å²) < 4.78 is 5.30. The van der Waals surface area contributed by atoms with Crippen molar-refractivity contribution in [2.75, 3.05) is 39.9 Å². The fourth-order valence-electron chi connectivity index (χ4n) is 2.81. The standard InChI is InChI=1S/C15H32N2O/c1-13(2)16-11-15(3,4)12-17-8-6-7-14(9-17)10-18-5/h13-14,16H,6-12H2,1-5H3. The molecule has 0 aliphatic carbocycles. The van der Waals surface area contributed by atoms with E-state index >= 15 is 0 Å². The van der Waals surface area contributed by atoms with Gasteiger partial charge in [-0.15, -0.1) is 0 Å². The van der Waals surface area contributed by atoms with Crippen molar-refractivity contribution in [3.8, 4) is 0 Å². The smallest absolute Gasteiger partial charge is 0.0502 e. The predicted octanol–water partition coefficient (Wildman–Crippen LogP) is 2.37. The highest BCUT2D eigenvalue weighted by Crippen LogP contribution is 2.22. The molecule has 0 bridgehead atoms. The minimum atomic E-state index is 0.346. The van der Waals surface area contributed by atoms with E-state index in [9.17, 15) is 0 Å². The number of methoxy groups -OCH3 is 1. The second-order valence-electron chi connectivity index (χ2n) is 6.90. The molecule has 0 radical (unpaired) electrons. The molecule has 1 heterocycles. The van der Waals surface area contributed by atoms with Crippen molar-refractivity contribution >= 4 is 0 Å². The Hall–Kier alpha value is -0.120. The van der Waals surface area contributed by atoms with Crippen LogP contribution in [0.25, 0.3) is 0 Å². The Morgan fingerprint density at radius 3 is 2.72 bits per heavy atom. The lowest BCUT2D eigenvalue weighted by Crippen LogP contribution is -2.46. The van der Waals surface area contributed by atoms with E-state index in [0.717, 1.165) is 19.1 Å². The van der Waals surface area contributed by atoms with E-state index in [-0.39, 0.29) is 0 Å². The molecule has 1 saturated heterocycles. The van der Waals surface area contributed by atoms with Crippen molar-refractivity contribution in [1.82, 2.24) is 10.2 Å². The molecule has 0 aromatic heterocycles. The van der Waals surface area contributed by atoms with Crippen LogP contribution in [0.4, 0.5) is 0 Å². The molecule has 1 atom stereocenters. The van der Waals surface area contributed by atoms with E-state index in [1.165, 1.54) is 32.5 Å². The molecule has 0 aromatic carbocycles. The summed E-state index contributed by atoms with van der Waals surface area (Å²) in [7, 11) is 1.81. The number of nitrogens with one attached hydrogen (secondary N) is 1. The average molecular weight is 256 g/mol. The first kappa shape index (κ1) is 15.9. The molecule has 1 N–H and O–H groups in total. The van der Waals surface area contributed by atoms with Crippen LogP contribution < -0.4 is 5.32 Å². The second-order valence-corrected chi connectivity index (χ2v) is 6.90. The third kappa shape index (κ3) is 6.17. The van der Waals surface area contributed by atoms with Gasteiger partial charge >= 0.3 is 0 Å². The Kier molecular flexibility index (Phi) is 6.61. The van der Waals surface area contributed by atoms with Crippen LogP contribution in [0.2, 0.25) is 0 Å². The molecule has 18 heavy (non-hydrogen) atoms. The first-order valence-corrected chi connectivity index (χ1v) is 7.37. The van der Waals surface area contributed by atoms with E-state index in [1.807, 2.05) is 7.11 Å². The normalized spacial score (nSPS) is 22.7. The van der Waals surface area contributed by atoms with E-state index in [4.69, 9.17) is 4.74 Å². The molecule has 1 unspecified atom stereocenters. The van der Waals surface area contributed by atoms with Gasteiger partial charge < -0.3 is 15.0 Å². The monoisotopic (exact) mass is 256 g/mol. The summed E-state index contributed by atoms with van der Waals surface area (Å²) in [6.45, 7) is 14.8. The summed E-state index contributed by atoms with van der Waals surface area (Å²) in [6.07, 6.45) is 2.65. The van der Waals surface area contributed by atoms with Crippen LogP contribution in [0.3, 0.4) is 0 Å². The lowest BCUT2D eigenvalue weighted by molar-refractivity contribution is 0.0699. The number of likely N-dealkylation sites (tertiary alicyclic amines) is 1. The van der Waals surface area contributed by atoms with Gasteiger partial charge in [-0.2, -0.15) is 0 Å². The molecule has 108 valence electrons. The highest BCUT2D eigenvalue weighted by Gasteiger charge is 2.26. The summed E-state index contributed by atoms with van der Waals surface area (Å²) in [5.74, 6) is 0.734. The summed E-state index contributed by atoms with van der Waals surface area (Å²) in [5, 5.41) is 3.56. The van der Waals surface area contributed by atoms with Crippen LogP contribution in [-0.4, -0.2) is 50.8 Å². The molecule has 0 amide bonds. The molecule has 0 spiro atoms. The fourth-order valence-corrected chi connectivity index (χ4v) is 2.81. The summed E-state index contributed by atoms with van der Waals surface area (Å²) in [5.41, 5.74) is 0.346. The molecule has 3 nitrogen and oxygen atoms in total. The number of hydrogen-bond acceptors (Lipinski definition) is 3. The van der Waals surface area contributed by atoms with Crippen LogP contribution in [0.1, 0.15) is 40.5 Å². The molecule has 0 aromatic rings. The summed E-state index contributed by atoms with van der Waals surface area (Å²) in [6, 6.07) is 0.576. The highest BCUT2D eigenvalue weighted by atomic mass is 16.5. The molecule has 1 aliphatic heterocycles. The predicted molar refractivity (Wildman–Crippen MR) is 78.0 cm³/mol. The first-order chi connectivity index (χ1) is 8.43. The van der Waals surface area contributed by atoms with Gasteiger partial charge in [-0.1, -0.05) is 27.7 Å². The number of rotatable bonds is 7. The maximum absolute atomic E-state index is 5.30. The fraction of sp³-hybridized carbons (Fsp3) is 1.00. The number of ether oxygens (including phenoxy) is 1. The Balaban J connectivity index is 2.35. The van der Waals surface area contributed by atoms with E-state index in [0.29, 0.717) is 11.5 Å². The quantitative estimate of drug-likeness (QED) is 0.757. The zero-order valence-electron chi connectivity index (χ0n) is 13.0. The third-order valence-corrected chi connectivity index (χ3v) is 3.65. The molecule has 1 aliphatic rings. The van der Waals surface area contributed by atoms with E-state index in [2.05, 4.69) is 37.9 Å². The molecular formula is C15H32N2O. The van der Waals surface area contributed by atoms with Crippen molar-refractivity contribution in [2.24, 2.45) is 11.3 Å². The van der Waals surface area contributed by atoms with Crippen molar-refractivity contribution in [3.63, 3.8) is 0 Å². The van der Waals surface area contributed by atoms with Crippen LogP contribution in [0.5, 0.6) is 0 Å². The zero-order chi connectivity index (χ0) is 13.6. The number of piperidine rings is 1. The minimum Gasteiger partial charge on any atom is -0.384 e. The Morgan fingerprint density at radius 1 is 1.39 bits per heavy atom. The summed E-state index contributed by atoms with van der Waals surface area (Å²) in [4.78, 5) is 2.62. The molecular weight excluding hydrogens is 224 g/mol. The van der Waals surface area contributed by atoms with E-state index < -0.39 is 0 Å². The summed E-state index contributed by atoms with van der Waals surface area (Å²) >= 11 is 0. The van der Waals surface area contributed by atoms with Gasteiger partial charge in [-0.05, 0) is 30.7 Å². The van der Waals surface area contributed by atoms with E-state index in [1.54, 1.807) is 0 Å². The molecule has 3 heteroatoms. The first-order valence-electron chi connectivity index (χ1n) is 7.37. The SMILES string of the molecule is COCC1CCCN(CC(C)(C)CNC(C)C)C1. The van der Waals surface area contributed by atoms with Crippen molar-refractivity contribution in [2.45, 2.75) is 46.6 Å². The molecule has 1 rings (SSSR count). The van der Waals surface area contributed by atoms with Crippen LogP contribution in [0, 0.1) is 11.3 Å². The Labute approximate surface area is 113 Å². The van der Waals surface area contributed by atoms with Crippen LogP contribution in [-0.2, 0) is 4.74 Å². The van der Waals surface area contributed by atoms with Gasteiger partial charge in [0, 0.05) is 32.8 Å². The largest absolute Gasteiger partial charge is 0.384 e. The minimum absolute atomic E-state index is 0.346. The van der Waals surface area contributed by atoms with Gasteiger partial charge in [0.15, 0.2) is 0 Å². The van der Waals surface area contributed by atoms with Gasteiger partial charge in [0.05, 0.1) is 6.61 Å². The molecule has 0 saturated carbocycles. The van der Waals surface area contributed by atoms with Crippen LogP contribution >= 0.6 is 0 Å². The Morgan fingerprint density at radius 2 is 2.11 bits per heavy atom. The molecule has 1 fully saturated rings. The topological polar surface area (TPSA) is 24.5 Å². The van der Waals surface area contributed by atoms with Gasteiger partial charge in [-0.25, -0.2) is 0 Å². The lowest BCUT2D eigenvalue weighted by Gasteiger charge is -2.38.